The molecule has 0 bridgehead atoms. The Bertz CT molecular complexity index is 1400. The molecule has 40 heavy (non-hydrogen) atoms. The van der Waals surface area contributed by atoms with Gasteiger partial charge in [0.05, 0.1) is 17.7 Å². The van der Waals surface area contributed by atoms with Crippen molar-refractivity contribution < 1.29 is 22.7 Å². The summed E-state index contributed by atoms with van der Waals surface area (Å²) < 4.78 is 34.3. The molecule has 11 heteroatoms. The summed E-state index contributed by atoms with van der Waals surface area (Å²) in [5.41, 5.74) is 0.636. The Labute approximate surface area is 245 Å². The van der Waals surface area contributed by atoms with Gasteiger partial charge in [-0.05, 0) is 49.2 Å². The van der Waals surface area contributed by atoms with Crippen molar-refractivity contribution in [1.29, 1.82) is 0 Å². The standard InChI is InChI=1S/C29H33Cl2N3O5S/c1-4-18-32-29(36)25(5-2)33(19-22-23(30)14-11-15-24(22)31)28(35)20-34(26-16-9-10-17-27(26)39-3)40(37,38)21-12-7-6-8-13-21/h6-17,25H,4-5,18-20H2,1-3H3,(H,32,36)/t25-/m1/s1. The Kier molecular flexibility index (Phi) is 11.2. The van der Waals surface area contributed by atoms with Gasteiger partial charge in [-0.2, -0.15) is 0 Å². The topological polar surface area (TPSA) is 96.0 Å². The number of rotatable bonds is 13. The molecule has 0 unspecified atom stereocenters. The monoisotopic (exact) mass is 605 g/mol. The quantitative estimate of drug-likeness (QED) is 0.276. The molecule has 0 aromatic heterocycles. The fourth-order valence-electron chi connectivity index (χ4n) is 4.21. The van der Waals surface area contributed by atoms with Gasteiger partial charge in [0.1, 0.15) is 18.3 Å². The third-order valence-corrected chi connectivity index (χ3v) is 8.77. The number of anilines is 1. The maximum absolute atomic E-state index is 14.1. The van der Waals surface area contributed by atoms with E-state index < -0.39 is 28.5 Å². The van der Waals surface area contributed by atoms with Gasteiger partial charge in [0, 0.05) is 28.7 Å². The van der Waals surface area contributed by atoms with Crippen LogP contribution in [0.5, 0.6) is 5.75 Å². The van der Waals surface area contributed by atoms with E-state index in [2.05, 4.69) is 5.32 Å². The highest BCUT2D eigenvalue weighted by atomic mass is 35.5. The second-order valence-corrected chi connectivity index (χ2v) is 11.6. The van der Waals surface area contributed by atoms with Crippen LogP contribution in [0.1, 0.15) is 32.3 Å². The van der Waals surface area contributed by atoms with Gasteiger partial charge in [0.25, 0.3) is 10.0 Å². The van der Waals surface area contributed by atoms with E-state index in [0.29, 0.717) is 28.6 Å². The first-order valence-corrected chi connectivity index (χ1v) is 15.1. The molecule has 0 spiro atoms. The lowest BCUT2D eigenvalue weighted by Gasteiger charge is -2.33. The highest BCUT2D eigenvalue weighted by molar-refractivity contribution is 7.92. The Morgan fingerprint density at radius 1 is 0.925 bits per heavy atom. The summed E-state index contributed by atoms with van der Waals surface area (Å²) in [4.78, 5) is 28.7. The van der Waals surface area contributed by atoms with Crippen LogP contribution in [0.15, 0.2) is 77.7 Å². The van der Waals surface area contributed by atoms with Crippen molar-refractivity contribution in [2.45, 2.75) is 44.2 Å². The highest BCUT2D eigenvalue weighted by Crippen LogP contribution is 2.33. The molecule has 0 aliphatic carbocycles. The Morgan fingerprint density at radius 3 is 2.15 bits per heavy atom. The molecule has 0 heterocycles. The Balaban J connectivity index is 2.12. The van der Waals surface area contributed by atoms with Gasteiger partial charge in [-0.1, -0.05) is 73.4 Å². The van der Waals surface area contributed by atoms with E-state index in [4.69, 9.17) is 27.9 Å². The Hall–Kier alpha value is -3.27. The van der Waals surface area contributed by atoms with Crippen LogP contribution >= 0.6 is 23.2 Å². The molecule has 1 N–H and O–H groups in total. The van der Waals surface area contributed by atoms with Crippen LogP contribution < -0.4 is 14.4 Å². The van der Waals surface area contributed by atoms with Crippen LogP contribution in [-0.2, 0) is 26.2 Å². The number of methoxy groups -OCH3 is 1. The number of nitrogens with zero attached hydrogens (tertiary/aromatic N) is 2. The van der Waals surface area contributed by atoms with Crippen LogP contribution in [0.4, 0.5) is 5.69 Å². The Morgan fingerprint density at radius 2 is 1.55 bits per heavy atom. The molecule has 0 fully saturated rings. The molecular formula is C29H33Cl2N3O5S. The minimum Gasteiger partial charge on any atom is -0.495 e. The second-order valence-electron chi connectivity index (χ2n) is 8.93. The number of halogens is 2. The van der Waals surface area contributed by atoms with Crippen LogP contribution in [0.2, 0.25) is 10.0 Å². The number of benzene rings is 3. The van der Waals surface area contributed by atoms with Crippen molar-refractivity contribution in [2.24, 2.45) is 0 Å². The van der Waals surface area contributed by atoms with Crippen molar-refractivity contribution in [3.8, 4) is 5.75 Å². The first kappa shape index (κ1) is 31.3. The van der Waals surface area contributed by atoms with E-state index in [9.17, 15) is 18.0 Å². The lowest BCUT2D eigenvalue weighted by molar-refractivity contribution is -0.140. The van der Waals surface area contributed by atoms with Crippen molar-refractivity contribution in [3.05, 3.63) is 88.4 Å². The van der Waals surface area contributed by atoms with Crippen molar-refractivity contribution in [1.82, 2.24) is 10.2 Å². The number of hydrogen-bond acceptors (Lipinski definition) is 5. The molecule has 0 saturated carbocycles. The molecule has 3 rings (SSSR count). The fourth-order valence-corrected chi connectivity index (χ4v) is 6.17. The van der Waals surface area contributed by atoms with E-state index >= 15 is 0 Å². The van der Waals surface area contributed by atoms with Gasteiger partial charge < -0.3 is 15.0 Å². The minimum absolute atomic E-state index is 0.00198. The summed E-state index contributed by atoms with van der Waals surface area (Å²) in [5, 5.41) is 3.50. The normalized spacial score (nSPS) is 11.9. The number of carbonyl (C=O) groups is 2. The fraction of sp³-hybridized carbons (Fsp3) is 0.310. The molecule has 214 valence electrons. The van der Waals surface area contributed by atoms with Gasteiger partial charge in [0.15, 0.2) is 0 Å². The summed E-state index contributed by atoms with van der Waals surface area (Å²) in [7, 11) is -2.80. The summed E-state index contributed by atoms with van der Waals surface area (Å²) in [5.74, 6) is -0.696. The van der Waals surface area contributed by atoms with Crippen LogP contribution in [0, 0.1) is 0 Å². The zero-order valence-corrected chi connectivity index (χ0v) is 25.0. The number of ether oxygens (including phenoxy) is 1. The molecular weight excluding hydrogens is 573 g/mol. The lowest BCUT2D eigenvalue weighted by atomic mass is 10.1. The molecule has 8 nitrogen and oxygen atoms in total. The first-order valence-electron chi connectivity index (χ1n) is 12.9. The molecule has 0 radical (unpaired) electrons. The van der Waals surface area contributed by atoms with Gasteiger partial charge >= 0.3 is 0 Å². The number of nitrogens with one attached hydrogen (secondary N) is 1. The summed E-state index contributed by atoms with van der Waals surface area (Å²) in [6, 6.07) is 18.4. The average molecular weight is 607 g/mol. The second kappa shape index (κ2) is 14.4. The third-order valence-electron chi connectivity index (χ3n) is 6.29. The smallest absolute Gasteiger partial charge is 0.264 e. The number of amides is 2. The largest absolute Gasteiger partial charge is 0.495 e. The zero-order valence-electron chi connectivity index (χ0n) is 22.6. The summed E-state index contributed by atoms with van der Waals surface area (Å²) >= 11 is 12.9. The molecule has 3 aromatic rings. The van der Waals surface area contributed by atoms with E-state index in [1.807, 2.05) is 6.92 Å². The summed E-state index contributed by atoms with van der Waals surface area (Å²) in [6.07, 6.45) is 0.993. The number of para-hydroxylation sites is 2. The summed E-state index contributed by atoms with van der Waals surface area (Å²) in [6.45, 7) is 3.44. The van der Waals surface area contributed by atoms with E-state index in [-0.39, 0.29) is 35.2 Å². The molecule has 0 aliphatic rings. The van der Waals surface area contributed by atoms with Crippen molar-refractivity contribution >= 4 is 50.7 Å². The maximum Gasteiger partial charge on any atom is 0.264 e. The van der Waals surface area contributed by atoms with Crippen LogP contribution in [-0.4, -0.2) is 51.4 Å². The van der Waals surface area contributed by atoms with Gasteiger partial charge in [-0.25, -0.2) is 8.42 Å². The molecule has 0 saturated heterocycles. The minimum atomic E-state index is -4.22. The molecule has 1 atom stereocenters. The molecule has 2 amide bonds. The van der Waals surface area contributed by atoms with E-state index in [1.165, 1.54) is 24.1 Å². The predicted molar refractivity (Wildman–Crippen MR) is 158 cm³/mol. The third kappa shape index (κ3) is 7.27. The first-order chi connectivity index (χ1) is 19.1. The highest BCUT2D eigenvalue weighted by Gasteiger charge is 2.35. The number of carbonyl (C=O) groups excluding carboxylic acids is 2. The lowest BCUT2D eigenvalue weighted by Crippen LogP contribution is -2.52. The zero-order chi connectivity index (χ0) is 29.3. The SMILES string of the molecule is CCCNC(=O)[C@@H](CC)N(Cc1c(Cl)cccc1Cl)C(=O)CN(c1ccccc1OC)S(=O)(=O)c1ccccc1. The van der Waals surface area contributed by atoms with Crippen LogP contribution in [0.25, 0.3) is 0 Å². The van der Waals surface area contributed by atoms with Crippen molar-refractivity contribution in [2.75, 3.05) is 24.5 Å². The average Bonchev–Trinajstić information content (AvgIpc) is 2.96. The van der Waals surface area contributed by atoms with Crippen LogP contribution in [0.3, 0.4) is 0 Å². The number of sulfonamides is 1. The predicted octanol–water partition coefficient (Wildman–Crippen LogP) is 5.53. The molecule has 0 aliphatic heterocycles. The number of hydrogen-bond donors (Lipinski definition) is 1. The van der Waals surface area contributed by atoms with Gasteiger partial charge in [-0.3, -0.25) is 13.9 Å². The molecule has 3 aromatic carbocycles. The maximum atomic E-state index is 14.1. The van der Waals surface area contributed by atoms with E-state index in [0.717, 1.165) is 4.31 Å². The van der Waals surface area contributed by atoms with Gasteiger partial charge in [-0.15, -0.1) is 0 Å². The van der Waals surface area contributed by atoms with E-state index in [1.54, 1.807) is 67.6 Å². The van der Waals surface area contributed by atoms with Gasteiger partial charge in [0.2, 0.25) is 11.8 Å². The van der Waals surface area contributed by atoms with Crippen molar-refractivity contribution in [3.63, 3.8) is 0 Å².